The van der Waals surface area contributed by atoms with Crippen LogP contribution in [0.4, 0.5) is 0 Å². The number of nitrogens with zero attached hydrogens (tertiary/aromatic N) is 3. The fourth-order valence-corrected chi connectivity index (χ4v) is 5.94. The fraction of sp³-hybridized carbons (Fsp3) is 0.455. The first-order chi connectivity index (χ1) is 22.0. The molecule has 4 N–H and O–H groups in total. The van der Waals surface area contributed by atoms with Crippen molar-refractivity contribution in [2.45, 2.75) is 57.8 Å². The molecule has 246 valence electrons. The van der Waals surface area contributed by atoms with Crippen LogP contribution in [-0.4, -0.2) is 93.5 Å². The Labute approximate surface area is 273 Å². The molecule has 4 rings (SSSR count). The van der Waals surface area contributed by atoms with Gasteiger partial charge in [0.15, 0.2) is 5.69 Å². The van der Waals surface area contributed by atoms with Crippen molar-refractivity contribution < 1.29 is 24.0 Å². The highest BCUT2D eigenvalue weighted by molar-refractivity contribution is 7.98. The van der Waals surface area contributed by atoms with Crippen molar-refractivity contribution in [1.82, 2.24) is 35.9 Å². The van der Waals surface area contributed by atoms with E-state index in [0.29, 0.717) is 24.0 Å². The number of rotatable bonds is 7. The lowest BCUT2D eigenvalue weighted by Crippen LogP contribution is -2.57. The van der Waals surface area contributed by atoms with E-state index in [1.807, 2.05) is 54.8 Å². The van der Waals surface area contributed by atoms with Crippen LogP contribution in [0, 0.1) is 5.92 Å². The number of para-hydroxylation sites is 1. The molecule has 2 aromatic carbocycles. The number of amides is 5. The Hall–Kier alpha value is -4.39. The molecular weight excluding hydrogens is 606 g/mol. The van der Waals surface area contributed by atoms with Gasteiger partial charge >= 0.3 is 0 Å². The number of carbonyl (C=O) groups excluding carboxylic acids is 5. The van der Waals surface area contributed by atoms with Gasteiger partial charge in [-0.25, -0.2) is 0 Å². The van der Waals surface area contributed by atoms with E-state index in [9.17, 15) is 24.0 Å². The van der Waals surface area contributed by atoms with Gasteiger partial charge in [0, 0.05) is 19.0 Å². The zero-order chi connectivity index (χ0) is 33.4. The van der Waals surface area contributed by atoms with Crippen molar-refractivity contribution in [2.24, 2.45) is 13.0 Å². The lowest BCUT2D eigenvalue weighted by atomic mass is 10.0. The third kappa shape index (κ3) is 8.65. The van der Waals surface area contributed by atoms with E-state index in [1.165, 1.54) is 16.7 Å². The Morgan fingerprint density at radius 1 is 0.935 bits per heavy atom. The van der Waals surface area contributed by atoms with Gasteiger partial charge in [0.1, 0.15) is 18.1 Å². The van der Waals surface area contributed by atoms with Crippen molar-refractivity contribution in [3.63, 3.8) is 0 Å². The van der Waals surface area contributed by atoms with Gasteiger partial charge in [0.25, 0.3) is 5.91 Å². The smallest absolute Gasteiger partial charge is 0.275 e. The summed E-state index contributed by atoms with van der Waals surface area (Å²) in [4.78, 5) is 69.4. The topological polar surface area (TPSA) is 155 Å². The van der Waals surface area contributed by atoms with Crippen molar-refractivity contribution in [3.05, 3.63) is 65.9 Å². The highest BCUT2D eigenvalue weighted by atomic mass is 32.2. The predicted octanol–water partition coefficient (Wildman–Crippen LogP) is 1.64. The lowest BCUT2D eigenvalue weighted by Gasteiger charge is -2.29. The van der Waals surface area contributed by atoms with E-state index in [-0.39, 0.29) is 24.7 Å². The Morgan fingerprint density at radius 2 is 1.63 bits per heavy atom. The van der Waals surface area contributed by atoms with Crippen LogP contribution in [0.25, 0.3) is 10.9 Å². The molecule has 1 saturated heterocycles. The minimum Gasteiger partial charge on any atom is -0.349 e. The predicted molar refractivity (Wildman–Crippen MR) is 178 cm³/mol. The van der Waals surface area contributed by atoms with Crippen LogP contribution in [0.5, 0.6) is 0 Å². The largest absolute Gasteiger partial charge is 0.349 e. The molecule has 1 fully saturated rings. The van der Waals surface area contributed by atoms with Crippen LogP contribution in [0.1, 0.15) is 43.2 Å². The van der Waals surface area contributed by atoms with Gasteiger partial charge in [0.2, 0.25) is 23.6 Å². The second-order valence-electron chi connectivity index (χ2n) is 11.9. The van der Waals surface area contributed by atoms with Gasteiger partial charge in [-0.1, -0.05) is 62.4 Å². The number of aromatic nitrogens is 2. The summed E-state index contributed by atoms with van der Waals surface area (Å²) >= 11 is 1.52. The Bertz CT molecular complexity index is 1560. The molecule has 4 atom stereocenters. The van der Waals surface area contributed by atoms with Gasteiger partial charge in [-0.05, 0) is 49.3 Å². The summed E-state index contributed by atoms with van der Waals surface area (Å²) in [5.41, 5.74) is 1.83. The molecule has 0 radical (unpaired) electrons. The fourth-order valence-electron chi connectivity index (χ4n) is 5.47. The average molecular weight is 650 g/mol. The summed E-state index contributed by atoms with van der Waals surface area (Å²) in [7, 11) is 1.74. The van der Waals surface area contributed by atoms with Crippen molar-refractivity contribution in [3.8, 4) is 0 Å². The van der Waals surface area contributed by atoms with E-state index in [0.717, 1.165) is 11.1 Å². The van der Waals surface area contributed by atoms with Gasteiger partial charge in [0.05, 0.1) is 18.1 Å². The molecule has 3 aromatic rings. The molecule has 0 bridgehead atoms. The Morgan fingerprint density at radius 3 is 2.33 bits per heavy atom. The number of hydrogen-bond donors (Lipinski definition) is 4. The van der Waals surface area contributed by atoms with Crippen molar-refractivity contribution >= 4 is 52.2 Å². The Balaban J connectivity index is 1.75. The first kappa shape index (κ1) is 34.5. The second-order valence-corrected chi connectivity index (χ2v) is 12.9. The first-order valence-electron chi connectivity index (χ1n) is 15.4. The zero-order valence-electron chi connectivity index (χ0n) is 26.9. The molecule has 12 nitrogen and oxygen atoms in total. The van der Waals surface area contributed by atoms with Crippen LogP contribution in [0.3, 0.4) is 0 Å². The maximum absolute atomic E-state index is 14.2. The number of hydrogen-bond acceptors (Lipinski definition) is 7. The van der Waals surface area contributed by atoms with Gasteiger partial charge < -0.3 is 26.2 Å². The summed E-state index contributed by atoms with van der Waals surface area (Å²) in [6, 6.07) is 13.4. The highest BCUT2D eigenvalue weighted by Gasteiger charge is 2.33. The van der Waals surface area contributed by atoms with Gasteiger partial charge in [-0.2, -0.15) is 16.9 Å². The van der Waals surface area contributed by atoms with Gasteiger partial charge in [-0.3, -0.25) is 28.7 Å². The first-order valence-corrected chi connectivity index (χ1v) is 16.8. The molecule has 0 aliphatic carbocycles. The van der Waals surface area contributed by atoms with E-state index in [1.54, 1.807) is 38.6 Å². The van der Waals surface area contributed by atoms with Crippen LogP contribution in [0.2, 0.25) is 0 Å². The highest BCUT2D eigenvalue weighted by Crippen LogP contribution is 2.20. The van der Waals surface area contributed by atoms with E-state index < -0.39 is 53.7 Å². The molecule has 0 unspecified atom stereocenters. The number of carbonyl (C=O) groups is 5. The number of benzene rings is 2. The quantitative estimate of drug-likeness (QED) is 0.304. The molecule has 0 spiro atoms. The third-order valence-corrected chi connectivity index (χ3v) is 8.60. The normalized spacial score (nSPS) is 22.0. The summed E-state index contributed by atoms with van der Waals surface area (Å²) in [5.74, 6) is -2.25. The van der Waals surface area contributed by atoms with Gasteiger partial charge in [-0.15, -0.1) is 0 Å². The molecule has 1 aromatic heterocycles. The van der Waals surface area contributed by atoms with E-state index >= 15 is 0 Å². The molecule has 1 aliphatic rings. The van der Waals surface area contributed by atoms with Crippen LogP contribution < -0.4 is 21.3 Å². The Kier molecular flexibility index (Phi) is 11.8. The van der Waals surface area contributed by atoms with Crippen LogP contribution in [0.15, 0.2) is 54.6 Å². The lowest BCUT2D eigenvalue weighted by molar-refractivity contribution is -0.134. The minimum atomic E-state index is -0.966. The van der Waals surface area contributed by atoms with Crippen LogP contribution in [-0.2, 0) is 32.6 Å². The number of aryl methyl sites for hydroxylation is 1. The van der Waals surface area contributed by atoms with Crippen molar-refractivity contribution in [2.75, 3.05) is 25.1 Å². The standard InChI is InChI=1S/C33H43N7O5S/c1-20(2)28-32(44)36-25(15-16-46-5)31(43)34-21(3)30(42)35-23(17-22-11-7-6-8-12-22)18-40(19-27(41)37-28)33(45)29-24-13-9-10-14-26(24)39(4)38-29/h6-14,20-21,23,25,28H,15-19H2,1-5H3,(H,34,43)(H,35,42)(H,36,44)(H,37,41)/t21-,23+,25-,28-/m0/s1. The zero-order valence-corrected chi connectivity index (χ0v) is 27.7. The number of fused-ring (bicyclic) bond motifs is 1. The molecule has 5 amide bonds. The van der Waals surface area contributed by atoms with E-state index in [2.05, 4.69) is 26.4 Å². The average Bonchev–Trinajstić information content (AvgIpc) is 3.36. The van der Waals surface area contributed by atoms with Crippen LogP contribution >= 0.6 is 11.8 Å². The van der Waals surface area contributed by atoms with E-state index in [4.69, 9.17) is 0 Å². The molecular formula is C33H43N7O5S. The summed E-state index contributed by atoms with van der Waals surface area (Å²) < 4.78 is 1.61. The maximum Gasteiger partial charge on any atom is 0.275 e. The number of nitrogens with one attached hydrogen (secondary N) is 4. The monoisotopic (exact) mass is 649 g/mol. The molecule has 46 heavy (non-hydrogen) atoms. The number of thioether (sulfide) groups is 1. The minimum absolute atomic E-state index is 0.0344. The third-order valence-electron chi connectivity index (χ3n) is 7.96. The summed E-state index contributed by atoms with van der Waals surface area (Å²) in [6.07, 6.45) is 2.59. The SMILES string of the molecule is CSCC[C@@H]1NC(=O)[C@H](C(C)C)NC(=O)CN(C(=O)c2nn(C)c3ccccc23)C[C@@H](Cc2ccccc2)NC(=O)[C@H](C)NC1=O. The second kappa shape index (κ2) is 15.7. The summed E-state index contributed by atoms with van der Waals surface area (Å²) in [6.45, 7) is 4.74. The molecule has 13 heteroatoms. The molecule has 0 saturated carbocycles. The van der Waals surface area contributed by atoms with Crippen molar-refractivity contribution in [1.29, 1.82) is 0 Å². The molecule has 1 aliphatic heterocycles. The maximum atomic E-state index is 14.2. The summed E-state index contributed by atoms with van der Waals surface area (Å²) in [5, 5.41) is 16.4. The molecule has 2 heterocycles.